The molecule has 4 rings (SSSR count). The summed E-state index contributed by atoms with van der Waals surface area (Å²) in [5.41, 5.74) is 2.07. The summed E-state index contributed by atoms with van der Waals surface area (Å²) in [6.45, 7) is 1.01. The first kappa shape index (κ1) is 12.4. The molecule has 2 aromatic rings. The molecule has 0 radical (unpaired) electrons. The molecule has 0 spiro atoms. The van der Waals surface area contributed by atoms with Gasteiger partial charge < -0.3 is 10.6 Å². The van der Waals surface area contributed by atoms with Gasteiger partial charge in [0, 0.05) is 18.6 Å². The van der Waals surface area contributed by atoms with Gasteiger partial charge in [0.1, 0.15) is 12.0 Å². The summed E-state index contributed by atoms with van der Waals surface area (Å²) < 4.78 is 1.80. The van der Waals surface area contributed by atoms with Crippen molar-refractivity contribution in [1.29, 1.82) is 0 Å². The third kappa shape index (κ3) is 1.99. The summed E-state index contributed by atoms with van der Waals surface area (Å²) in [5, 5.41) is 6.56. The molecule has 2 fully saturated rings. The van der Waals surface area contributed by atoms with Gasteiger partial charge in [-0.25, -0.2) is 4.98 Å². The van der Waals surface area contributed by atoms with E-state index in [1.165, 1.54) is 6.42 Å². The SMILES string of the molecule is C#Cc1ccc2cc(C(=O)NC3CC4CC3CN4)ncn12. The van der Waals surface area contributed by atoms with Gasteiger partial charge in [-0.15, -0.1) is 6.42 Å². The maximum atomic E-state index is 12.4. The van der Waals surface area contributed by atoms with Crippen LogP contribution < -0.4 is 10.6 Å². The lowest BCUT2D eigenvalue weighted by molar-refractivity contribution is 0.0920. The van der Waals surface area contributed by atoms with Crippen LogP contribution >= 0.6 is 0 Å². The molecule has 5 heteroatoms. The zero-order valence-corrected chi connectivity index (χ0v) is 11.5. The standard InChI is InChI=1S/C16H16N4O/c1-2-12-3-4-13-7-15(18-9-20(12)13)16(21)19-14-6-11-5-10(14)8-17-11/h1,3-4,7,9-11,14,17H,5-6,8H2,(H,19,21). The molecule has 5 nitrogen and oxygen atoms in total. The number of hydrogen-bond donors (Lipinski definition) is 2. The summed E-state index contributed by atoms with van der Waals surface area (Å²) >= 11 is 0. The quantitative estimate of drug-likeness (QED) is 0.800. The molecule has 1 amide bonds. The maximum Gasteiger partial charge on any atom is 0.270 e. The fraction of sp³-hybridized carbons (Fsp3) is 0.375. The first-order valence-corrected chi connectivity index (χ1v) is 7.22. The van der Waals surface area contributed by atoms with E-state index in [0.29, 0.717) is 17.7 Å². The Morgan fingerprint density at radius 3 is 3.10 bits per heavy atom. The predicted octanol–water partition coefficient (Wildman–Crippen LogP) is 0.796. The fourth-order valence-corrected chi connectivity index (χ4v) is 3.50. The number of rotatable bonds is 2. The Morgan fingerprint density at radius 2 is 2.38 bits per heavy atom. The van der Waals surface area contributed by atoms with Crippen LogP contribution in [0.25, 0.3) is 5.52 Å². The monoisotopic (exact) mass is 280 g/mol. The molecule has 3 atom stereocenters. The summed E-state index contributed by atoms with van der Waals surface area (Å²) in [7, 11) is 0. The highest BCUT2D eigenvalue weighted by Gasteiger charge is 2.40. The van der Waals surface area contributed by atoms with Crippen molar-refractivity contribution < 1.29 is 4.79 Å². The van der Waals surface area contributed by atoms with Crippen LogP contribution in [0, 0.1) is 18.3 Å². The Kier molecular flexibility index (Phi) is 2.72. The first-order chi connectivity index (χ1) is 10.2. The second-order valence-corrected chi connectivity index (χ2v) is 5.85. The number of nitrogens with zero attached hydrogens (tertiary/aromatic N) is 2. The Labute approximate surface area is 122 Å². The fourth-order valence-electron chi connectivity index (χ4n) is 3.50. The number of aromatic nitrogens is 2. The molecule has 2 bridgehead atoms. The molecule has 3 unspecified atom stereocenters. The Bertz CT molecular complexity index is 757. The molecule has 2 aliphatic rings. The zero-order valence-electron chi connectivity index (χ0n) is 11.5. The Balaban J connectivity index is 1.55. The van der Waals surface area contributed by atoms with Crippen molar-refractivity contribution in [2.45, 2.75) is 24.9 Å². The molecular weight excluding hydrogens is 264 g/mol. The van der Waals surface area contributed by atoms with E-state index in [1.807, 2.05) is 12.1 Å². The highest BCUT2D eigenvalue weighted by atomic mass is 16.1. The van der Waals surface area contributed by atoms with Crippen molar-refractivity contribution in [2.75, 3.05) is 6.54 Å². The van der Waals surface area contributed by atoms with Crippen molar-refractivity contribution in [3.63, 3.8) is 0 Å². The van der Waals surface area contributed by atoms with Crippen molar-refractivity contribution >= 4 is 11.4 Å². The summed E-state index contributed by atoms with van der Waals surface area (Å²) in [6.07, 6.45) is 9.22. The zero-order chi connectivity index (χ0) is 14.4. The average molecular weight is 280 g/mol. The third-order valence-electron chi connectivity index (χ3n) is 4.61. The largest absolute Gasteiger partial charge is 0.348 e. The van der Waals surface area contributed by atoms with Crippen molar-refractivity contribution in [1.82, 2.24) is 20.0 Å². The van der Waals surface area contributed by atoms with Gasteiger partial charge in [0.05, 0.1) is 11.2 Å². The molecule has 106 valence electrons. The van der Waals surface area contributed by atoms with E-state index >= 15 is 0 Å². The average Bonchev–Trinajstić information content (AvgIpc) is 3.21. The highest BCUT2D eigenvalue weighted by Crippen LogP contribution is 2.31. The molecule has 3 heterocycles. The van der Waals surface area contributed by atoms with E-state index < -0.39 is 0 Å². The number of terminal acetylenes is 1. The molecule has 21 heavy (non-hydrogen) atoms. The summed E-state index contributed by atoms with van der Waals surface area (Å²) in [5.74, 6) is 3.05. The smallest absolute Gasteiger partial charge is 0.270 e. The van der Waals surface area contributed by atoms with Crippen LogP contribution in [0.5, 0.6) is 0 Å². The van der Waals surface area contributed by atoms with Gasteiger partial charge in [-0.1, -0.05) is 5.92 Å². The number of piperidine rings is 1. The minimum Gasteiger partial charge on any atom is -0.348 e. The minimum absolute atomic E-state index is 0.0986. The molecule has 0 aromatic carbocycles. The predicted molar refractivity (Wildman–Crippen MR) is 78.9 cm³/mol. The topological polar surface area (TPSA) is 58.4 Å². The van der Waals surface area contributed by atoms with Crippen LogP contribution in [-0.2, 0) is 0 Å². The van der Waals surface area contributed by atoms with Crippen LogP contribution in [0.1, 0.15) is 29.0 Å². The second-order valence-electron chi connectivity index (χ2n) is 5.85. The molecular formula is C16H16N4O. The molecule has 2 aromatic heterocycles. The van der Waals surface area contributed by atoms with Gasteiger partial charge in [0.2, 0.25) is 0 Å². The van der Waals surface area contributed by atoms with Crippen LogP contribution in [0.2, 0.25) is 0 Å². The van der Waals surface area contributed by atoms with E-state index in [-0.39, 0.29) is 11.9 Å². The highest BCUT2D eigenvalue weighted by molar-refractivity contribution is 5.93. The van der Waals surface area contributed by atoms with Gasteiger partial charge in [-0.3, -0.25) is 9.20 Å². The van der Waals surface area contributed by atoms with E-state index in [4.69, 9.17) is 6.42 Å². The minimum atomic E-state index is -0.0986. The number of nitrogens with one attached hydrogen (secondary N) is 2. The second kappa shape index (κ2) is 4.61. The lowest BCUT2D eigenvalue weighted by Crippen LogP contribution is -2.44. The van der Waals surface area contributed by atoms with E-state index in [2.05, 4.69) is 21.5 Å². The molecule has 1 aliphatic heterocycles. The van der Waals surface area contributed by atoms with Crippen molar-refractivity contribution in [3.05, 3.63) is 35.9 Å². The summed E-state index contributed by atoms with van der Waals surface area (Å²) in [4.78, 5) is 16.6. The number of hydrogen-bond acceptors (Lipinski definition) is 3. The molecule has 2 N–H and O–H groups in total. The van der Waals surface area contributed by atoms with Gasteiger partial charge in [0.15, 0.2) is 0 Å². The Hall–Kier alpha value is -2.32. The number of carbonyl (C=O) groups is 1. The molecule has 1 saturated heterocycles. The van der Waals surface area contributed by atoms with E-state index in [9.17, 15) is 4.79 Å². The van der Waals surface area contributed by atoms with Crippen molar-refractivity contribution in [2.24, 2.45) is 5.92 Å². The van der Waals surface area contributed by atoms with E-state index in [0.717, 1.165) is 24.2 Å². The first-order valence-electron chi connectivity index (χ1n) is 7.22. The summed E-state index contributed by atoms with van der Waals surface area (Å²) in [6, 6.07) is 6.37. The van der Waals surface area contributed by atoms with E-state index in [1.54, 1.807) is 16.8 Å². The number of fused-ring (bicyclic) bond motifs is 3. The van der Waals surface area contributed by atoms with Gasteiger partial charge >= 0.3 is 0 Å². The van der Waals surface area contributed by atoms with Crippen LogP contribution in [0.4, 0.5) is 0 Å². The lowest BCUT2D eigenvalue weighted by atomic mass is 10.0. The maximum absolute atomic E-state index is 12.4. The van der Waals surface area contributed by atoms with Gasteiger partial charge in [-0.05, 0) is 37.0 Å². The number of amides is 1. The van der Waals surface area contributed by atoms with Crippen molar-refractivity contribution in [3.8, 4) is 12.3 Å². The Morgan fingerprint density at radius 1 is 1.48 bits per heavy atom. The van der Waals surface area contributed by atoms with Crippen LogP contribution in [-0.4, -0.2) is 33.9 Å². The normalized spacial score (nSPS) is 26.9. The molecule has 1 aliphatic carbocycles. The van der Waals surface area contributed by atoms with Gasteiger partial charge in [0.25, 0.3) is 5.91 Å². The third-order valence-corrected chi connectivity index (χ3v) is 4.61. The van der Waals surface area contributed by atoms with Gasteiger partial charge in [-0.2, -0.15) is 0 Å². The van der Waals surface area contributed by atoms with Crippen LogP contribution in [0.15, 0.2) is 24.5 Å². The molecule has 1 saturated carbocycles. The lowest BCUT2D eigenvalue weighted by Gasteiger charge is -2.23. The van der Waals surface area contributed by atoms with Crippen LogP contribution in [0.3, 0.4) is 0 Å². The number of carbonyl (C=O) groups excluding carboxylic acids is 1.